The van der Waals surface area contributed by atoms with Gasteiger partial charge >= 0.3 is 0 Å². The van der Waals surface area contributed by atoms with Crippen LogP contribution in [0.2, 0.25) is 0 Å². The monoisotopic (exact) mass is 556 g/mol. The van der Waals surface area contributed by atoms with Gasteiger partial charge in [0.05, 0.1) is 37.4 Å². The molecule has 1 N–H and O–H groups in total. The molecule has 2 aromatic rings. The SMILES string of the molecule is CN1CCN(S(=O)(=O)c2cnc(NC(=O)/C(=N/N3CCOCC3)c3ccc(S(C)(=O)=O)cc3)s2)CC1. The summed E-state index contributed by atoms with van der Waals surface area (Å²) >= 11 is 0.873. The predicted molar refractivity (Wildman–Crippen MR) is 135 cm³/mol. The fraction of sp³-hybridized carbons (Fsp3) is 0.476. The van der Waals surface area contributed by atoms with Gasteiger partial charge in [-0.3, -0.25) is 15.1 Å². The summed E-state index contributed by atoms with van der Waals surface area (Å²) in [5.41, 5.74) is 0.462. The highest BCUT2D eigenvalue weighted by Crippen LogP contribution is 2.27. The molecule has 0 bridgehead atoms. The molecule has 4 rings (SSSR count). The summed E-state index contributed by atoms with van der Waals surface area (Å²) in [4.78, 5) is 19.5. The first-order valence-corrected chi connectivity index (χ1v) is 15.4. The van der Waals surface area contributed by atoms with Gasteiger partial charge in [-0.25, -0.2) is 21.8 Å². The van der Waals surface area contributed by atoms with E-state index in [0.29, 0.717) is 58.0 Å². The third kappa shape index (κ3) is 6.27. The Balaban J connectivity index is 1.56. The molecule has 0 unspecified atom stereocenters. The lowest BCUT2D eigenvalue weighted by Gasteiger charge is -2.30. The molecule has 12 nitrogen and oxygen atoms in total. The van der Waals surface area contributed by atoms with Gasteiger partial charge in [-0.15, -0.1) is 0 Å². The number of likely N-dealkylation sites (N-methyl/N-ethyl adjacent to an activating group) is 1. The quantitative estimate of drug-likeness (QED) is 0.472. The maximum absolute atomic E-state index is 13.2. The number of amides is 1. The van der Waals surface area contributed by atoms with Crippen LogP contribution in [0, 0.1) is 0 Å². The molecule has 196 valence electrons. The molecule has 0 spiro atoms. The van der Waals surface area contributed by atoms with E-state index >= 15 is 0 Å². The molecule has 2 saturated heterocycles. The molecule has 1 aromatic carbocycles. The van der Waals surface area contributed by atoms with E-state index in [1.165, 1.54) is 34.8 Å². The molecule has 15 heteroatoms. The third-order valence-electron chi connectivity index (χ3n) is 5.76. The van der Waals surface area contributed by atoms with Crippen molar-refractivity contribution in [2.24, 2.45) is 5.10 Å². The van der Waals surface area contributed by atoms with E-state index in [9.17, 15) is 21.6 Å². The number of morpholine rings is 1. The maximum atomic E-state index is 13.2. The van der Waals surface area contributed by atoms with Crippen LogP contribution in [0.25, 0.3) is 0 Å². The number of carbonyl (C=O) groups excluding carboxylic acids is 1. The number of ether oxygens (including phenoxy) is 1. The van der Waals surface area contributed by atoms with Gasteiger partial charge in [0, 0.05) is 38.0 Å². The number of thiazole rings is 1. The minimum atomic E-state index is -3.71. The van der Waals surface area contributed by atoms with E-state index < -0.39 is 25.8 Å². The lowest BCUT2D eigenvalue weighted by atomic mass is 10.1. The van der Waals surface area contributed by atoms with E-state index in [2.05, 4.69) is 20.3 Å². The summed E-state index contributed by atoms with van der Waals surface area (Å²) in [6.45, 7) is 3.96. The summed E-state index contributed by atoms with van der Waals surface area (Å²) in [6.07, 6.45) is 2.35. The van der Waals surface area contributed by atoms with Crippen LogP contribution in [-0.4, -0.2) is 113 Å². The highest BCUT2D eigenvalue weighted by molar-refractivity contribution is 7.91. The second-order valence-electron chi connectivity index (χ2n) is 8.46. The number of nitrogens with zero attached hydrogens (tertiary/aromatic N) is 5. The van der Waals surface area contributed by atoms with Crippen molar-refractivity contribution in [3.05, 3.63) is 36.0 Å². The zero-order valence-corrected chi connectivity index (χ0v) is 22.4. The van der Waals surface area contributed by atoms with Gasteiger partial charge in [-0.2, -0.15) is 9.41 Å². The van der Waals surface area contributed by atoms with E-state index in [1.807, 2.05) is 7.05 Å². The molecule has 36 heavy (non-hydrogen) atoms. The van der Waals surface area contributed by atoms with Crippen LogP contribution in [0.15, 0.2) is 44.7 Å². The first-order valence-electron chi connectivity index (χ1n) is 11.2. The summed E-state index contributed by atoms with van der Waals surface area (Å²) in [5, 5.41) is 8.95. The number of sulfone groups is 1. The van der Waals surface area contributed by atoms with Crippen LogP contribution in [0.3, 0.4) is 0 Å². The van der Waals surface area contributed by atoms with Crippen molar-refractivity contribution in [3.63, 3.8) is 0 Å². The number of hydrazone groups is 1. The molecular weight excluding hydrogens is 528 g/mol. The Labute approximate surface area is 214 Å². The molecule has 2 aliphatic heterocycles. The number of hydrogen-bond donors (Lipinski definition) is 1. The predicted octanol–water partition coefficient (Wildman–Crippen LogP) is 0.158. The second kappa shape index (κ2) is 10.9. The number of piperazine rings is 1. The lowest BCUT2D eigenvalue weighted by molar-refractivity contribution is -0.110. The Morgan fingerprint density at radius 1 is 1.03 bits per heavy atom. The number of aromatic nitrogens is 1. The Hall–Kier alpha value is -2.43. The van der Waals surface area contributed by atoms with Crippen LogP contribution in [0.5, 0.6) is 0 Å². The van der Waals surface area contributed by atoms with Gasteiger partial charge in [0.15, 0.2) is 24.9 Å². The van der Waals surface area contributed by atoms with E-state index in [-0.39, 0.29) is 19.9 Å². The van der Waals surface area contributed by atoms with Gasteiger partial charge in [0.1, 0.15) is 0 Å². The average Bonchev–Trinajstić information content (AvgIpc) is 3.32. The zero-order valence-electron chi connectivity index (χ0n) is 20.0. The minimum Gasteiger partial charge on any atom is -0.378 e. The van der Waals surface area contributed by atoms with Crippen molar-refractivity contribution in [1.82, 2.24) is 19.2 Å². The number of rotatable bonds is 7. The number of benzene rings is 1. The van der Waals surface area contributed by atoms with Crippen molar-refractivity contribution < 1.29 is 26.4 Å². The molecular formula is C21H28N6O6S3. The highest BCUT2D eigenvalue weighted by Gasteiger charge is 2.30. The van der Waals surface area contributed by atoms with Crippen molar-refractivity contribution in [1.29, 1.82) is 0 Å². The highest BCUT2D eigenvalue weighted by atomic mass is 32.2. The molecule has 2 fully saturated rings. The Bertz CT molecular complexity index is 1330. The fourth-order valence-corrected chi connectivity index (χ4v) is 6.87. The molecule has 0 saturated carbocycles. The van der Waals surface area contributed by atoms with Crippen LogP contribution in [0.4, 0.5) is 5.13 Å². The van der Waals surface area contributed by atoms with Gasteiger partial charge in [0.25, 0.3) is 15.9 Å². The first kappa shape index (κ1) is 26.6. The molecule has 0 radical (unpaired) electrons. The second-order valence-corrected chi connectivity index (χ2v) is 13.7. The van der Waals surface area contributed by atoms with Crippen molar-refractivity contribution in [2.75, 3.05) is 71.1 Å². The molecule has 2 aliphatic rings. The normalized spacial score (nSPS) is 18.8. The van der Waals surface area contributed by atoms with Gasteiger partial charge in [-0.1, -0.05) is 23.5 Å². The van der Waals surface area contributed by atoms with Gasteiger partial charge in [0.2, 0.25) is 0 Å². The van der Waals surface area contributed by atoms with E-state index in [4.69, 9.17) is 4.74 Å². The first-order chi connectivity index (χ1) is 17.0. The largest absolute Gasteiger partial charge is 0.378 e. The summed E-state index contributed by atoms with van der Waals surface area (Å²) in [5.74, 6) is -0.591. The molecule has 3 heterocycles. The van der Waals surface area contributed by atoms with Crippen molar-refractivity contribution in [3.8, 4) is 0 Å². The molecule has 0 atom stereocenters. The van der Waals surface area contributed by atoms with Crippen LogP contribution < -0.4 is 5.32 Å². The lowest BCUT2D eigenvalue weighted by Crippen LogP contribution is -2.46. The Morgan fingerprint density at radius 3 is 2.28 bits per heavy atom. The Morgan fingerprint density at radius 2 is 1.67 bits per heavy atom. The summed E-state index contributed by atoms with van der Waals surface area (Å²) < 4.78 is 56.4. The zero-order chi connectivity index (χ0) is 25.9. The molecule has 1 amide bonds. The topological polar surface area (TPSA) is 142 Å². The number of anilines is 1. The standard InChI is InChI=1S/C21H28N6O6S3/c1-25-7-9-27(10-8-25)36(31,32)18-15-22-21(34-18)23-20(28)19(24-26-11-13-33-14-12-26)16-3-5-17(6-4-16)35(2,29)30/h3-6,15H,7-14H2,1-2H3,(H,22,23,28)/b24-19+. The van der Waals surface area contributed by atoms with Crippen molar-refractivity contribution >= 4 is 47.9 Å². The summed E-state index contributed by atoms with van der Waals surface area (Å²) in [7, 11) is -5.18. The maximum Gasteiger partial charge on any atom is 0.278 e. The van der Waals surface area contributed by atoms with Crippen LogP contribution >= 0.6 is 11.3 Å². The third-order valence-corrected chi connectivity index (χ3v) is 10.1. The van der Waals surface area contributed by atoms with Crippen LogP contribution in [-0.2, 0) is 29.4 Å². The van der Waals surface area contributed by atoms with Gasteiger partial charge < -0.3 is 9.64 Å². The number of nitrogens with one attached hydrogen (secondary N) is 1. The van der Waals surface area contributed by atoms with Gasteiger partial charge in [-0.05, 0) is 19.2 Å². The fourth-order valence-electron chi connectivity index (χ4n) is 3.64. The van der Waals surface area contributed by atoms with Crippen LogP contribution in [0.1, 0.15) is 5.56 Å². The summed E-state index contributed by atoms with van der Waals surface area (Å²) in [6, 6.07) is 5.86. The number of hydrogen-bond acceptors (Lipinski definition) is 11. The molecule has 1 aromatic heterocycles. The van der Waals surface area contributed by atoms with E-state index in [1.54, 1.807) is 5.01 Å². The average molecular weight is 557 g/mol. The smallest absolute Gasteiger partial charge is 0.278 e. The molecule has 0 aliphatic carbocycles. The number of sulfonamides is 1. The van der Waals surface area contributed by atoms with Crippen molar-refractivity contribution in [2.45, 2.75) is 9.10 Å². The minimum absolute atomic E-state index is 0.0477. The number of carbonyl (C=O) groups is 1. The Kier molecular flexibility index (Phi) is 8.06. The van der Waals surface area contributed by atoms with E-state index in [0.717, 1.165) is 17.6 Å².